The zero-order valence-corrected chi connectivity index (χ0v) is 11.1. The highest BCUT2D eigenvalue weighted by molar-refractivity contribution is 6.31. The van der Waals surface area contributed by atoms with E-state index in [1.54, 1.807) is 4.68 Å². The van der Waals surface area contributed by atoms with E-state index in [1.165, 1.54) is 12.8 Å². The summed E-state index contributed by atoms with van der Waals surface area (Å²) in [7, 11) is 1.87. The summed E-state index contributed by atoms with van der Waals surface area (Å²) in [6.07, 6.45) is 4.56. The number of aryl methyl sites for hydroxylation is 2. The predicted octanol–water partition coefficient (Wildman–Crippen LogP) is 2.87. The summed E-state index contributed by atoms with van der Waals surface area (Å²) in [4.78, 5) is 0. The van der Waals surface area contributed by atoms with Crippen LogP contribution < -0.4 is 0 Å². The fraction of sp³-hybridized carbons (Fsp3) is 0.750. The van der Waals surface area contributed by atoms with Crippen molar-refractivity contribution in [2.24, 2.45) is 7.05 Å². The summed E-state index contributed by atoms with van der Waals surface area (Å²) in [5.74, 6) is 0. The van der Waals surface area contributed by atoms with Crippen molar-refractivity contribution in [3.05, 3.63) is 16.4 Å². The molecule has 1 aromatic rings. The third-order valence-corrected chi connectivity index (χ3v) is 3.32. The molecule has 1 N–H and O–H groups in total. The number of hydrogen-bond acceptors (Lipinski definition) is 2. The Morgan fingerprint density at radius 2 is 2.12 bits per heavy atom. The van der Waals surface area contributed by atoms with E-state index < -0.39 is 0 Å². The van der Waals surface area contributed by atoms with E-state index in [0.29, 0.717) is 11.4 Å². The van der Waals surface area contributed by atoms with Gasteiger partial charge in [-0.25, -0.2) is 0 Å². The largest absolute Gasteiger partial charge is 0.393 e. The highest BCUT2D eigenvalue weighted by atomic mass is 35.5. The second kappa shape index (κ2) is 6.26. The Morgan fingerprint density at radius 3 is 2.62 bits per heavy atom. The van der Waals surface area contributed by atoms with Gasteiger partial charge in [-0.1, -0.05) is 37.8 Å². The van der Waals surface area contributed by atoms with Crippen LogP contribution in [-0.4, -0.2) is 21.0 Å². The lowest BCUT2D eigenvalue weighted by molar-refractivity contribution is 0.159. The summed E-state index contributed by atoms with van der Waals surface area (Å²) < 4.78 is 1.76. The van der Waals surface area contributed by atoms with Gasteiger partial charge in [0.25, 0.3) is 0 Å². The van der Waals surface area contributed by atoms with Crippen LogP contribution in [0.3, 0.4) is 0 Å². The van der Waals surface area contributed by atoms with Gasteiger partial charge in [-0.15, -0.1) is 0 Å². The zero-order chi connectivity index (χ0) is 12.1. The van der Waals surface area contributed by atoms with E-state index in [9.17, 15) is 5.11 Å². The van der Waals surface area contributed by atoms with Gasteiger partial charge in [-0.05, 0) is 13.3 Å². The van der Waals surface area contributed by atoms with Gasteiger partial charge in [-0.2, -0.15) is 5.10 Å². The van der Waals surface area contributed by atoms with Gasteiger partial charge in [-0.3, -0.25) is 4.68 Å². The second-order valence-corrected chi connectivity index (χ2v) is 4.70. The van der Waals surface area contributed by atoms with Crippen LogP contribution in [0.15, 0.2) is 0 Å². The molecule has 0 saturated heterocycles. The summed E-state index contributed by atoms with van der Waals surface area (Å²) in [5.41, 5.74) is 1.77. The van der Waals surface area contributed by atoms with Crippen LogP contribution in [0.4, 0.5) is 0 Å². The van der Waals surface area contributed by atoms with Crippen LogP contribution in [0.1, 0.15) is 44.0 Å². The lowest BCUT2D eigenvalue weighted by Gasteiger charge is -2.10. The average Bonchev–Trinajstić information content (AvgIpc) is 2.46. The van der Waals surface area contributed by atoms with Crippen LogP contribution in [0.5, 0.6) is 0 Å². The van der Waals surface area contributed by atoms with Gasteiger partial charge < -0.3 is 5.11 Å². The molecule has 92 valence electrons. The molecule has 0 radical (unpaired) electrons. The van der Waals surface area contributed by atoms with Gasteiger partial charge in [0.05, 0.1) is 22.5 Å². The van der Waals surface area contributed by atoms with Crippen LogP contribution in [0.2, 0.25) is 5.02 Å². The monoisotopic (exact) mass is 244 g/mol. The molecule has 3 nitrogen and oxygen atoms in total. The van der Waals surface area contributed by atoms with E-state index in [2.05, 4.69) is 12.0 Å². The fourth-order valence-electron chi connectivity index (χ4n) is 1.86. The van der Waals surface area contributed by atoms with Gasteiger partial charge in [0.2, 0.25) is 0 Å². The molecule has 0 amide bonds. The number of rotatable bonds is 6. The Bertz CT molecular complexity index is 336. The predicted molar refractivity (Wildman–Crippen MR) is 66.8 cm³/mol. The van der Waals surface area contributed by atoms with Gasteiger partial charge in [0.1, 0.15) is 0 Å². The van der Waals surface area contributed by atoms with Crippen molar-refractivity contribution >= 4 is 11.6 Å². The first-order chi connectivity index (χ1) is 7.56. The number of aliphatic hydroxyl groups excluding tert-OH is 1. The molecule has 1 aromatic heterocycles. The molecular weight excluding hydrogens is 224 g/mol. The van der Waals surface area contributed by atoms with E-state index in [4.69, 9.17) is 11.6 Å². The summed E-state index contributed by atoms with van der Waals surface area (Å²) >= 11 is 6.13. The Morgan fingerprint density at radius 1 is 1.44 bits per heavy atom. The minimum Gasteiger partial charge on any atom is -0.393 e. The fourth-order valence-corrected chi connectivity index (χ4v) is 2.09. The summed E-state index contributed by atoms with van der Waals surface area (Å²) in [6.45, 7) is 4.04. The standard InChI is InChI=1S/C12H21ClN2O/c1-4-5-6-7-10(16)8-11-12(13)9(2)14-15(11)3/h10,16H,4-8H2,1-3H3. The van der Waals surface area contributed by atoms with Crippen molar-refractivity contribution in [1.82, 2.24) is 9.78 Å². The van der Waals surface area contributed by atoms with Crippen LogP contribution in [0, 0.1) is 6.92 Å². The lowest BCUT2D eigenvalue weighted by Crippen LogP contribution is -2.13. The first-order valence-electron chi connectivity index (χ1n) is 5.92. The number of aliphatic hydroxyl groups is 1. The van der Waals surface area contributed by atoms with E-state index >= 15 is 0 Å². The maximum Gasteiger partial charge on any atom is 0.0847 e. The molecular formula is C12H21ClN2O. The number of aromatic nitrogens is 2. The van der Waals surface area contributed by atoms with Crippen molar-refractivity contribution < 1.29 is 5.11 Å². The highest BCUT2D eigenvalue weighted by Crippen LogP contribution is 2.21. The van der Waals surface area contributed by atoms with Crippen molar-refractivity contribution in [2.75, 3.05) is 0 Å². The molecule has 0 saturated carbocycles. The molecule has 16 heavy (non-hydrogen) atoms. The molecule has 1 rings (SSSR count). The average molecular weight is 245 g/mol. The molecule has 0 aromatic carbocycles. The SMILES string of the molecule is CCCCCC(O)Cc1c(Cl)c(C)nn1C. The van der Waals surface area contributed by atoms with Crippen molar-refractivity contribution in [3.63, 3.8) is 0 Å². The Kier molecular flexibility index (Phi) is 5.29. The summed E-state index contributed by atoms with van der Waals surface area (Å²) in [5, 5.41) is 14.8. The van der Waals surface area contributed by atoms with Crippen LogP contribution >= 0.6 is 11.6 Å². The van der Waals surface area contributed by atoms with Gasteiger partial charge in [0.15, 0.2) is 0 Å². The smallest absolute Gasteiger partial charge is 0.0847 e. The maximum absolute atomic E-state index is 9.89. The quantitative estimate of drug-likeness (QED) is 0.782. The normalized spacial score (nSPS) is 13.1. The van der Waals surface area contributed by atoms with Gasteiger partial charge in [0, 0.05) is 13.5 Å². The first kappa shape index (κ1) is 13.5. The third kappa shape index (κ3) is 3.49. The Hall–Kier alpha value is -0.540. The maximum atomic E-state index is 9.89. The third-order valence-electron chi connectivity index (χ3n) is 2.83. The molecule has 0 spiro atoms. The number of hydrogen-bond donors (Lipinski definition) is 1. The Labute approximate surface area is 102 Å². The molecule has 1 heterocycles. The molecule has 0 aliphatic heterocycles. The molecule has 0 aliphatic rings. The molecule has 0 aliphatic carbocycles. The zero-order valence-electron chi connectivity index (χ0n) is 10.3. The minimum absolute atomic E-state index is 0.307. The second-order valence-electron chi connectivity index (χ2n) is 4.32. The number of unbranched alkanes of at least 4 members (excludes halogenated alkanes) is 2. The number of halogens is 1. The van der Waals surface area contributed by atoms with E-state index in [0.717, 1.165) is 24.2 Å². The minimum atomic E-state index is -0.307. The topological polar surface area (TPSA) is 38.1 Å². The van der Waals surface area contributed by atoms with E-state index in [1.807, 2.05) is 14.0 Å². The molecule has 1 atom stereocenters. The van der Waals surface area contributed by atoms with Crippen molar-refractivity contribution in [2.45, 2.75) is 52.1 Å². The Balaban J connectivity index is 2.52. The highest BCUT2D eigenvalue weighted by Gasteiger charge is 2.14. The molecule has 0 bridgehead atoms. The summed E-state index contributed by atoms with van der Waals surface area (Å²) in [6, 6.07) is 0. The molecule has 4 heteroatoms. The first-order valence-corrected chi connectivity index (χ1v) is 6.30. The van der Waals surface area contributed by atoms with Crippen molar-refractivity contribution in [1.29, 1.82) is 0 Å². The van der Waals surface area contributed by atoms with Crippen molar-refractivity contribution in [3.8, 4) is 0 Å². The van der Waals surface area contributed by atoms with Gasteiger partial charge >= 0.3 is 0 Å². The molecule has 1 unspecified atom stereocenters. The number of nitrogens with zero attached hydrogens (tertiary/aromatic N) is 2. The van der Waals surface area contributed by atoms with Crippen LogP contribution in [-0.2, 0) is 13.5 Å². The van der Waals surface area contributed by atoms with E-state index in [-0.39, 0.29) is 6.10 Å². The van der Waals surface area contributed by atoms with Crippen LogP contribution in [0.25, 0.3) is 0 Å². The lowest BCUT2D eigenvalue weighted by atomic mass is 10.1. The molecule has 0 fully saturated rings.